The molecule has 0 saturated carbocycles. The molecule has 5 heteroatoms. The molecule has 0 aliphatic carbocycles. The number of carbonyl (C=O) groups excluding carboxylic acids is 1. The number of aldehydes is 1. The van der Waals surface area contributed by atoms with E-state index in [0.717, 1.165) is 24.8 Å². The minimum absolute atomic E-state index is 0.418. The molecule has 17 heavy (non-hydrogen) atoms. The topological polar surface area (TPSA) is 22.0 Å². The van der Waals surface area contributed by atoms with Gasteiger partial charge in [0.05, 0.1) is 16.1 Å². The van der Waals surface area contributed by atoms with Gasteiger partial charge in [-0.15, -0.1) is 0 Å². The summed E-state index contributed by atoms with van der Waals surface area (Å²) >= 11 is 18.3. The lowest BCUT2D eigenvalue weighted by Gasteiger charge is -2.05. The molecule has 0 saturated heterocycles. The van der Waals surface area contributed by atoms with E-state index in [1.807, 2.05) is 11.5 Å². The van der Waals surface area contributed by atoms with Gasteiger partial charge < -0.3 is 4.57 Å². The number of carbonyl (C=O) groups is 1. The van der Waals surface area contributed by atoms with E-state index in [1.54, 1.807) is 12.1 Å². The van der Waals surface area contributed by atoms with Gasteiger partial charge in [-0.3, -0.25) is 4.79 Å². The minimum Gasteiger partial charge on any atom is -0.331 e. The van der Waals surface area contributed by atoms with Crippen molar-refractivity contribution in [3.63, 3.8) is 0 Å². The average Bonchev–Trinajstić information content (AvgIpc) is 2.53. The summed E-state index contributed by atoms with van der Waals surface area (Å²) in [6, 6.07) is 3.39. The Kier molecular flexibility index (Phi) is 3.67. The Morgan fingerprint density at radius 3 is 2.59 bits per heavy atom. The summed E-state index contributed by atoms with van der Waals surface area (Å²) in [7, 11) is 0. The molecule has 0 N–H and O–H groups in total. The summed E-state index contributed by atoms with van der Waals surface area (Å²) < 4.78 is 1.86. The summed E-state index contributed by atoms with van der Waals surface area (Å²) in [5.41, 5.74) is 1.23. The fourth-order valence-electron chi connectivity index (χ4n) is 1.94. The summed E-state index contributed by atoms with van der Waals surface area (Å²) in [5, 5.41) is 2.07. The number of fused-ring (bicyclic) bond motifs is 1. The number of benzene rings is 1. The van der Waals surface area contributed by atoms with Crippen molar-refractivity contribution >= 4 is 52.0 Å². The second-order valence-corrected chi connectivity index (χ2v) is 4.96. The number of hydrogen-bond acceptors (Lipinski definition) is 1. The molecule has 0 fully saturated rings. The van der Waals surface area contributed by atoms with E-state index >= 15 is 0 Å². The smallest absolute Gasteiger partial charge is 0.153 e. The number of halogens is 3. The lowest BCUT2D eigenvalue weighted by atomic mass is 10.2. The van der Waals surface area contributed by atoms with Gasteiger partial charge in [-0.25, -0.2) is 0 Å². The third-order valence-electron chi connectivity index (χ3n) is 2.62. The maximum Gasteiger partial charge on any atom is 0.153 e. The first kappa shape index (κ1) is 12.7. The number of rotatable bonds is 3. The molecule has 0 aliphatic heterocycles. The third-order valence-corrected chi connectivity index (χ3v) is 3.54. The molecule has 2 nitrogen and oxygen atoms in total. The molecule has 90 valence electrons. The van der Waals surface area contributed by atoms with Gasteiger partial charge in [0.1, 0.15) is 5.15 Å². The summed E-state index contributed by atoms with van der Waals surface area (Å²) in [5.74, 6) is 0. The summed E-state index contributed by atoms with van der Waals surface area (Å²) in [6.45, 7) is 2.76. The van der Waals surface area contributed by atoms with Crippen LogP contribution in [-0.2, 0) is 6.54 Å². The molecule has 0 amide bonds. The zero-order valence-electron chi connectivity index (χ0n) is 9.14. The second kappa shape index (κ2) is 4.89. The van der Waals surface area contributed by atoms with Crippen LogP contribution in [0, 0.1) is 0 Å². The van der Waals surface area contributed by atoms with Gasteiger partial charge in [-0.2, -0.15) is 0 Å². The van der Waals surface area contributed by atoms with Crippen LogP contribution in [0.4, 0.5) is 0 Å². The summed E-state index contributed by atoms with van der Waals surface area (Å²) in [6.07, 6.45) is 1.64. The Bertz CT molecular complexity index is 589. The van der Waals surface area contributed by atoms with Crippen molar-refractivity contribution in [2.45, 2.75) is 19.9 Å². The normalized spacial score (nSPS) is 11.1. The van der Waals surface area contributed by atoms with E-state index in [-0.39, 0.29) is 0 Å². The number of hydrogen-bond donors (Lipinski definition) is 0. The maximum absolute atomic E-state index is 11.1. The van der Waals surface area contributed by atoms with Gasteiger partial charge in [0.15, 0.2) is 6.29 Å². The van der Waals surface area contributed by atoms with Crippen LogP contribution in [0.15, 0.2) is 12.1 Å². The van der Waals surface area contributed by atoms with Crippen LogP contribution in [0.2, 0.25) is 15.2 Å². The second-order valence-electron chi connectivity index (χ2n) is 3.76. The third kappa shape index (κ3) is 2.05. The van der Waals surface area contributed by atoms with E-state index in [2.05, 4.69) is 0 Å². The Balaban J connectivity index is 2.90. The Morgan fingerprint density at radius 1 is 1.29 bits per heavy atom. The number of nitrogens with zero attached hydrogens (tertiary/aromatic N) is 1. The van der Waals surface area contributed by atoms with Crippen LogP contribution in [0.3, 0.4) is 0 Å². The van der Waals surface area contributed by atoms with Crippen LogP contribution >= 0.6 is 34.8 Å². The van der Waals surface area contributed by atoms with Gasteiger partial charge in [-0.1, -0.05) is 41.7 Å². The zero-order valence-corrected chi connectivity index (χ0v) is 11.4. The molecule has 2 aromatic rings. The molecule has 0 spiro atoms. The van der Waals surface area contributed by atoms with Crippen molar-refractivity contribution in [3.05, 3.63) is 32.9 Å². The quantitative estimate of drug-likeness (QED) is 0.743. The molecule has 1 aromatic heterocycles. The first-order valence-corrected chi connectivity index (χ1v) is 6.35. The highest BCUT2D eigenvalue weighted by Gasteiger charge is 2.17. The van der Waals surface area contributed by atoms with Crippen LogP contribution < -0.4 is 0 Å². The van der Waals surface area contributed by atoms with Crippen molar-refractivity contribution < 1.29 is 4.79 Å². The van der Waals surface area contributed by atoms with Gasteiger partial charge in [0.2, 0.25) is 0 Å². The fourth-order valence-corrected chi connectivity index (χ4v) is 2.84. The number of aryl methyl sites for hydroxylation is 1. The molecule has 0 bridgehead atoms. The standard InChI is InChI=1S/C12H10Cl3NO/c1-2-3-16-10-5-7(13)4-9(14)11(10)8(6-17)12(16)15/h4-6H,2-3H2,1H3. The van der Waals surface area contributed by atoms with Gasteiger partial charge in [0.25, 0.3) is 0 Å². The van der Waals surface area contributed by atoms with E-state index in [4.69, 9.17) is 34.8 Å². The zero-order chi connectivity index (χ0) is 12.6. The SMILES string of the molecule is CCCn1c(Cl)c(C=O)c2c(Cl)cc(Cl)cc21. The Morgan fingerprint density at radius 2 is 2.00 bits per heavy atom. The Hall–Kier alpha value is -0.700. The van der Waals surface area contributed by atoms with E-state index in [9.17, 15) is 4.79 Å². The van der Waals surface area contributed by atoms with Crippen molar-refractivity contribution in [2.75, 3.05) is 0 Å². The predicted octanol–water partition coefficient (Wildman–Crippen LogP) is 4.82. The lowest BCUT2D eigenvalue weighted by Crippen LogP contribution is -1.96. The molecule has 2 rings (SSSR count). The van der Waals surface area contributed by atoms with E-state index in [0.29, 0.717) is 26.1 Å². The van der Waals surface area contributed by atoms with Crippen LogP contribution in [0.5, 0.6) is 0 Å². The first-order valence-electron chi connectivity index (χ1n) is 5.22. The molecule has 0 unspecified atom stereocenters. The van der Waals surface area contributed by atoms with Crippen molar-refractivity contribution in [2.24, 2.45) is 0 Å². The maximum atomic E-state index is 11.1. The van der Waals surface area contributed by atoms with Crippen LogP contribution in [0.1, 0.15) is 23.7 Å². The predicted molar refractivity (Wildman–Crippen MR) is 72.6 cm³/mol. The van der Waals surface area contributed by atoms with Crippen molar-refractivity contribution in [1.82, 2.24) is 4.57 Å². The molecule has 0 atom stereocenters. The van der Waals surface area contributed by atoms with Gasteiger partial charge >= 0.3 is 0 Å². The highest BCUT2D eigenvalue weighted by Crippen LogP contribution is 2.36. The lowest BCUT2D eigenvalue weighted by molar-refractivity contribution is 0.112. The molecular weight excluding hydrogens is 280 g/mol. The van der Waals surface area contributed by atoms with Crippen LogP contribution in [-0.4, -0.2) is 10.9 Å². The highest BCUT2D eigenvalue weighted by atomic mass is 35.5. The van der Waals surface area contributed by atoms with Gasteiger partial charge in [-0.05, 0) is 18.6 Å². The first-order chi connectivity index (χ1) is 8.10. The molecule has 1 heterocycles. The van der Waals surface area contributed by atoms with E-state index < -0.39 is 0 Å². The average molecular weight is 291 g/mol. The van der Waals surface area contributed by atoms with Gasteiger partial charge in [0, 0.05) is 17.0 Å². The Labute approximate surface area is 114 Å². The molecule has 0 aliphatic rings. The highest BCUT2D eigenvalue weighted by molar-refractivity contribution is 6.41. The largest absolute Gasteiger partial charge is 0.331 e. The minimum atomic E-state index is 0.418. The van der Waals surface area contributed by atoms with Crippen molar-refractivity contribution in [3.8, 4) is 0 Å². The fraction of sp³-hybridized carbons (Fsp3) is 0.250. The molecule has 0 radical (unpaired) electrons. The van der Waals surface area contributed by atoms with E-state index in [1.165, 1.54) is 0 Å². The van der Waals surface area contributed by atoms with Crippen molar-refractivity contribution in [1.29, 1.82) is 0 Å². The number of aromatic nitrogens is 1. The van der Waals surface area contributed by atoms with Crippen LogP contribution in [0.25, 0.3) is 10.9 Å². The molecular formula is C12H10Cl3NO. The monoisotopic (exact) mass is 289 g/mol. The molecule has 1 aromatic carbocycles. The summed E-state index contributed by atoms with van der Waals surface area (Å²) in [4.78, 5) is 11.1.